The molecule has 0 atom stereocenters. The molecule has 1 aromatic heterocycles. The first-order valence-corrected chi connectivity index (χ1v) is 10.3. The molecule has 0 saturated carbocycles. The maximum atomic E-state index is 6.01. The van der Waals surface area contributed by atoms with Gasteiger partial charge >= 0.3 is 0 Å². The lowest BCUT2D eigenvalue weighted by Crippen LogP contribution is -2.38. The van der Waals surface area contributed by atoms with Crippen LogP contribution in [0.25, 0.3) is 11.1 Å². The van der Waals surface area contributed by atoms with Crippen LogP contribution < -0.4 is 15.4 Å². The molecule has 154 valence electrons. The zero-order valence-electron chi connectivity index (χ0n) is 16.7. The first-order chi connectivity index (χ1) is 13.8. The van der Waals surface area contributed by atoms with Crippen LogP contribution in [0.4, 0.5) is 0 Å². The number of ether oxygens (including phenoxy) is 1. The third-order valence-corrected chi connectivity index (χ3v) is 5.35. The zero-order valence-corrected chi connectivity index (χ0v) is 19.9. The second-order valence-electron chi connectivity index (χ2n) is 6.14. The molecule has 0 unspecified atom stereocenters. The van der Waals surface area contributed by atoms with Crippen molar-refractivity contribution >= 4 is 41.3 Å². The molecule has 0 fully saturated rings. The number of para-hydroxylation sites is 1. The Hall–Kier alpha value is -2.13. The summed E-state index contributed by atoms with van der Waals surface area (Å²) in [5.41, 5.74) is 2.25. The molecule has 3 rings (SSSR count). The molecule has 1 heterocycles. The van der Waals surface area contributed by atoms with Crippen LogP contribution in [-0.2, 0) is 13.0 Å². The predicted molar refractivity (Wildman–Crippen MR) is 132 cm³/mol. The van der Waals surface area contributed by atoms with Crippen molar-refractivity contribution in [1.82, 2.24) is 15.6 Å². The van der Waals surface area contributed by atoms with Crippen molar-refractivity contribution in [2.45, 2.75) is 19.9 Å². The van der Waals surface area contributed by atoms with Gasteiger partial charge in [0.25, 0.3) is 0 Å². The fourth-order valence-corrected chi connectivity index (χ4v) is 3.55. The number of hydrogen-bond acceptors (Lipinski definition) is 4. The van der Waals surface area contributed by atoms with E-state index < -0.39 is 0 Å². The minimum absolute atomic E-state index is 0. The van der Waals surface area contributed by atoms with Crippen molar-refractivity contribution in [3.05, 3.63) is 70.7 Å². The number of benzene rings is 2. The van der Waals surface area contributed by atoms with E-state index in [4.69, 9.17) is 4.74 Å². The summed E-state index contributed by atoms with van der Waals surface area (Å²) in [7, 11) is 1.76. The highest BCUT2D eigenvalue weighted by molar-refractivity contribution is 14.0. The van der Waals surface area contributed by atoms with Crippen LogP contribution in [0.1, 0.15) is 16.8 Å². The first-order valence-electron chi connectivity index (χ1n) is 9.45. The van der Waals surface area contributed by atoms with Gasteiger partial charge in [-0.25, -0.2) is 4.98 Å². The number of aryl methyl sites for hydroxylation is 1. The highest BCUT2D eigenvalue weighted by Crippen LogP contribution is 2.29. The quantitative estimate of drug-likeness (QED) is 0.194. The topological polar surface area (TPSA) is 58.5 Å². The molecule has 0 radical (unpaired) electrons. The Labute approximate surface area is 193 Å². The highest BCUT2D eigenvalue weighted by Gasteiger charge is 2.06. The highest BCUT2D eigenvalue weighted by atomic mass is 127. The Kier molecular flexibility index (Phi) is 9.93. The average molecular weight is 522 g/mol. The van der Waals surface area contributed by atoms with Gasteiger partial charge < -0.3 is 15.4 Å². The number of guanidine groups is 1. The Balaban J connectivity index is 0.00000300. The Morgan fingerprint density at radius 3 is 2.55 bits per heavy atom. The summed E-state index contributed by atoms with van der Waals surface area (Å²) in [5, 5.41) is 7.63. The van der Waals surface area contributed by atoms with Crippen molar-refractivity contribution < 1.29 is 4.74 Å². The number of halogens is 1. The van der Waals surface area contributed by atoms with E-state index >= 15 is 0 Å². The van der Waals surface area contributed by atoms with Gasteiger partial charge in [-0.3, -0.25) is 4.99 Å². The van der Waals surface area contributed by atoms with Crippen LogP contribution in [0.5, 0.6) is 5.75 Å². The molecule has 2 N–H and O–H groups in total. The standard InChI is InChI=1S/C22H26N4OS.HI/c1-3-18-15-25-21(28-18)16-26-22(23-2)24-13-14-27-20-12-8-7-11-19(20)17-9-5-4-6-10-17;/h4-12,15H,3,13-14,16H2,1-2H3,(H2,23,24,26);1H. The Morgan fingerprint density at radius 1 is 1.07 bits per heavy atom. The molecule has 5 nitrogen and oxygen atoms in total. The van der Waals surface area contributed by atoms with Crippen LogP contribution in [0.3, 0.4) is 0 Å². The van der Waals surface area contributed by atoms with Crippen molar-refractivity contribution in [3.8, 4) is 16.9 Å². The summed E-state index contributed by atoms with van der Waals surface area (Å²) >= 11 is 1.73. The molecule has 0 spiro atoms. The summed E-state index contributed by atoms with van der Waals surface area (Å²) in [4.78, 5) is 9.97. The van der Waals surface area contributed by atoms with Crippen LogP contribution in [0, 0.1) is 0 Å². The van der Waals surface area contributed by atoms with E-state index in [-0.39, 0.29) is 24.0 Å². The van der Waals surface area contributed by atoms with Gasteiger partial charge in [0.05, 0.1) is 13.1 Å². The van der Waals surface area contributed by atoms with Crippen molar-refractivity contribution in [2.24, 2.45) is 4.99 Å². The fraction of sp³-hybridized carbons (Fsp3) is 0.273. The van der Waals surface area contributed by atoms with Crippen LogP contribution in [-0.4, -0.2) is 31.1 Å². The monoisotopic (exact) mass is 522 g/mol. The van der Waals surface area contributed by atoms with Gasteiger partial charge in [0, 0.05) is 23.7 Å². The lowest BCUT2D eigenvalue weighted by atomic mass is 10.1. The molecule has 3 aromatic rings. The summed E-state index contributed by atoms with van der Waals surface area (Å²) in [6.45, 7) is 4.01. The molecule has 7 heteroatoms. The third-order valence-electron chi connectivity index (χ3n) is 4.20. The molecular formula is C22H27IN4OS. The van der Waals surface area contributed by atoms with E-state index in [2.05, 4.69) is 45.7 Å². The van der Waals surface area contributed by atoms with Gasteiger partial charge in [-0.15, -0.1) is 35.3 Å². The van der Waals surface area contributed by atoms with E-state index in [1.807, 2.05) is 42.6 Å². The number of thiazole rings is 1. The summed E-state index contributed by atoms with van der Waals surface area (Å²) < 4.78 is 6.01. The summed E-state index contributed by atoms with van der Waals surface area (Å²) in [5.74, 6) is 1.63. The average Bonchev–Trinajstić information content (AvgIpc) is 3.22. The lowest BCUT2D eigenvalue weighted by Gasteiger charge is -2.14. The number of hydrogen-bond donors (Lipinski definition) is 2. The minimum atomic E-state index is 0. The SMILES string of the molecule is CCc1cnc(CNC(=NC)NCCOc2ccccc2-c2ccccc2)s1.I. The molecule has 0 aliphatic heterocycles. The minimum Gasteiger partial charge on any atom is -0.491 e. The zero-order chi connectivity index (χ0) is 19.6. The van der Waals surface area contributed by atoms with E-state index in [1.165, 1.54) is 4.88 Å². The first kappa shape index (κ1) is 23.2. The van der Waals surface area contributed by atoms with Crippen LogP contribution >= 0.6 is 35.3 Å². The van der Waals surface area contributed by atoms with Crippen molar-refractivity contribution in [3.63, 3.8) is 0 Å². The van der Waals surface area contributed by atoms with E-state index in [0.717, 1.165) is 34.3 Å². The summed E-state index contributed by atoms with van der Waals surface area (Å²) in [6, 6.07) is 18.4. The summed E-state index contributed by atoms with van der Waals surface area (Å²) in [6.07, 6.45) is 2.96. The Bertz CT molecular complexity index is 899. The predicted octanol–water partition coefficient (Wildman–Crippen LogP) is 4.73. The smallest absolute Gasteiger partial charge is 0.191 e. The van der Waals surface area contributed by atoms with Crippen molar-refractivity contribution in [1.29, 1.82) is 0 Å². The van der Waals surface area contributed by atoms with Gasteiger partial charge in [-0.05, 0) is 18.1 Å². The van der Waals surface area contributed by atoms with Crippen molar-refractivity contribution in [2.75, 3.05) is 20.2 Å². The van der Waals surface area contributed by atoms with Gasteiger partial charge in [-0.2, -0.15) is 0 Å². The third kappa shape index (κ3) is 7.01. The molecule has 0 bridgehead atoms. The van der Waals surface area contributed by atoms with Gasteiger partial charge in [0.1, 0.15) is 17.4 Å². The molecule has 0 aliphatic rings. The molecule has 0 saturated heterocycles. The van der Waals surface area contributed by atoms with E-state index in [0.29, 0.717) is 19.7 Å². The largest absolute Gasteiger partial charge is 0.491 e. The number of rotatable bonds is 8. The van der Waals surface area contributed by atoms with Gasteiger partial charge in [0.2, 0.25) is 0 Å². The maximum absolute atomic E-state index is 6.01. The number of nitrogens with zero attached hydrogens (tertiary/aromatic N) is 2. The number of aliphatic imine (C=N–C) groups is 1. The normalized spacial score (nSPS) is 10.9. The van der Waals surface area contributed by atoms with Gasteiger partial charge in [0.15, 0.2) is 5.96 Å². The number of aromatic nitrogens is 1. The number of nitrogens with one attached hydrogen (secondary N) is 2. The molecule has 0 aliphatic carbocycles. The van der Waals surface area contributed by atoms with Gasteiger partial charge in [-0.1, -0.05) is 55.5 Å². The molecule has 0 amide bonds. The van der Waals surface area contributed by atoms with E-state index in [9.17, 15) is 0 Å². The van der Waals surface area contributed by atoms with E-state index in [1.54, 1.807) is 18.4 Å². The molecular weight excluding hydrogens is 495 g/mol. The van der Waals surface area contributed by atoms with Crippen LogP contribution in [0.2, 0.25) is 0 Å². The van der Waals surface area contributed by atoms with Crippen LogP contribution in [0.15, 0.2) is 65.8 Å². The lowest BCUT2D eigenvalue weighted by molar-refractivity contribution is 0.323. The molecule has 29 heavy (non-hydrogen) atoms. The second-order valence-corrected chi connectivity index (χ2v) is 7.34. The second kappa shape index (κ2) is 12.4. The fourth-order valence-electron chi connectivity index (χ4n) is 2.75. The molecule has 2 aromatic carbocycles. The maximum Gasteiger partial charge on any atom is 0.191 e. The Morgan fingerprint density at radius 2 is 1.83 bits per heavy atom.